The van der Waals surface area contributed by atoms with Crippen LogP contribution in [0.2, 0.25) is 5.02 Å². The monoisotopic (exact) mass is 349 g/mol. The molecule has 0 unspecified atom stereocenters. The zero-order chi connectivity index (χ0) is 14.5. The molecule has 0 spiro atoms. The van der Waals surface area contributed by atoms with Gasteiger partial charge >= 0.3 is 0 Å². The highest BCUT2D eigenvalue weighted by atomic mass is 79.9. The minimum absolute atomic E-state index is 0.142. The van der Waals surface area contributed by atoms with Crippen molar-refractivity contribution in [2.24, 2.45) is 0 Å². The van der Waals surface area contributed by atoms with E-state index in [1.54, 1.807) is 39.2 Å². The van der Waals surface area contributed by atoms with Gasteiger partial charge in [0.1, 0.15) is 12.4 Å². The van der Waals surface area contributed by atoms with Crippen LogP contribution in [0.5, 0.6) is 5.75 Å². The smallest absolute Gasteiger partial charge is 0.240 e. The van der Waals surface area contributed by atoms with Crippen LogP contribution in [0.15, 0.2) is 18.2 Å². The van der Waals surface area contributed by atoms with Gasteiger partial charge in [0.25, 0.3) is 0 Å². The number of benzene rings is 1. The third kappa shape index (κ3) is 5.38. The summed E-state index contributed by atoms with van der Waals surface area (Å²) in [5, 5.41) is 3.21. The predicted molar refractivity (Wildman–Crippen MR) is 80.5 cm³/mol. The molecule has 1 rings (SSSR count). The normalized spacial score (nSPS) is 11.2. The molecule has 19 heavy (non-hydrogen) atoms. The fraction of sp³-hybridized carbons (Fsp3) is 0.462. The molecule has 0 aromatic heterocycles. The molecule has 1 amide bonds. The number of anilines is 1. The van der Waals surface area contributed by atoms with Gasteiger partial charge in [-0.1, -0.05) is 27.5 Å². The summed E-state index contributed by atoms with van der Waals surface area (Å²) < 4.78 is 9.68. The Morgan fingerprint density at radius 1 is 1.42 bits per heavy atom. The van der Waals surface area contributed by atoms with E-state index >= 15 is 0 Å². The fourth-order valence-electron chi connectivity index (χ4n) is 1.21. The Morgan fingerprint density at radius 3 is 2.63 bits per heavy atom. The zero-order valence-electron chi connectivity index (χ0n) is 11.1. The van der Waals surface area contributed by atoms with Crippen molar-refractivity contribution in [1.82, 2.24) is 0 Å². The van der Waals surface area contributed by atoms with Gasteiger partial charge in [0, 0.05) is 12.8 Å². The van der Waals surface area contributed by atoms with E-state index in [0.717, 1.165) is 0 Å². The summed E-state index contributed by atoms with van der Waals surface area (Å²) in [5.41, 5.74) is 0.626. The highest BCUT2D eigenvalue weighted by Crippen LogP contribution is 2.28. The second kappa shape index (κ2) is 7.12. The van der Waals surface area contributed by atoms with Gasteiger partial charge in [-0.25, -0.2) is 0 Å². The third-order valence-electron chi connectivity index (χ3n) is 2.27. The Labute approximate surface area is 126 Å². The molecule has 1 N–H and O–H groups in total. The van der Waals surface area contributed by atoms with E-state index in [0.29, 0.717) is 29.7 Å². The van der Waals surface area contributed by atoms with E-state index in [1.807, 2.05) is 0 Å². The third-order valence-corrected chi connectivity index (χ3v) is 2.93. The Kier molecular flexibility index (Phi) is 6.10. The summed E-state index contributed by atoms with van der Waals surface area (Å²) in [6, 6.07) is 5.11. The van der Waals surface area contributed by atoms with Gasteiger partial charge < -0.3 is 14.8 Å². The van der Waals surface area contributed by atoms with E-state index < -0.39 is 4.32 Å². The van der Waals surface area contributed by atoms with Crippen LogP contribution in [0.1, 0.15) is 13.8 Å². The molecule has 1 aromatic rings. The van der Waals surface area contributed by atoms with E-state index in [9.17, 15) is 4.79 Å². The van der Waals surface area contributed by atoms with Crippen LogP contribution in [0.25, 0.3) is 0 Å². The molecule has 0 fully saturated rings. The van der Waals surface area contributed by atoms with Crippen molar-refractivity contribution in [3.8, 4) is 5.75 Å². The number of halogens is 2. The topological polar surface area (TPSA) is 47.6 Å². The van der Waals surface area contributed by atoms with Crippen LogP contribution in [-0.2, 0) is 9.53 Å². The number of hydrogen-bond donors (Lipinski definition) is 1. The largest absolute Gasteiger partial charge is 0.490 e. The molecule has 4 nitrogen and oxygen atoms in total. The van der Waals surface area contributed by atoms with Crippen LogP contribution < -0.4 is 10.1 Å². The van der Waals surface area contributed by atoms with Gasteiger partial charge in [0.15, 0.2) is 0 Å². The van der Waals surface area contributed by atoms with E-state index in [2.05, 4.69) is 21.2 Å². The summed E-state index contributed by atoms with van der Waals surface area (Å²) in [5.74, 6) is 0.423. The minimum atomic E-state index is -0.632. The zero-order valence-corrected chi connectivity index (χ0v) is 13.5. The summed E-state index contributed by atoms with van der Waals surface area (Å²) in [7, 11) is 1.60. The second-order valence-corrected chi connectivity index (χ2v) is 6.80. The van der Waals surface area contributed by atoms with Crippen molar-refractivity contribution in [3.63, 3.8) is 0 Å². The number of nitrogens with one attached hydrogen (secondary N) is 1. The van der Waals surface area contributed by atoms with Crippen LogP contribution in [0.3, 0.4) is 0 Å². The fourth-order valence-corrected chi connectivity index (χ4v) is 1.54. The Morgan fingerprint density at radius 2 is 2.11 bits per heavy atom. The number of hydrogen-bond acceptors (Lipinski definition) is 3. The number of rotatable bonds is 6. The first-order valence-corrected chi connectivity index (χ1v) is 6.93. The first kappa shape index (κ1) is 16.3. The Balaban J connectivity index is 2.69. The molecule has 0 atom stereocenters. The lowest BCUT2D eigenvalue weighted by Crippen LogP contribution is -2.30. The van der Waals surface area contributed by atoms with Gasteiger partial charge in [-0.05, 0) is 32.0 Å². The van der Waals surface area contributed by atoms with Gasteiger partial charge in [-0.2, -0.15) is 0 Å². The van der Waals surface area contributed by atoms with Crippen LogP contribution in [0.4, 0.5) is 5.69 Å². The quantitative estimate of drug-likeness (QED) is 0.631. The molecule has 0 heterocycles. The van der Waals surface area contributed by atoms with Crippen molar-refractivity contribution in [1.29, 1.82) is 0 Å². The molecule has 0 radical (unpaired) electrons. The molecule has 0 saturated carbocycles. The number of carbonyl (C=O) groups is 1. The standard InChI is InChI=1S/C13H17BrClNO3/c1-13(2,14)12(17)16-9-4-5-11(10(15)8-9)19-7-6-18-3/h4-5,8H,6-7H2,1-3H3,(H,16,17). The SMILES string of the molecule is COCCOc1ccc(NC(=O)C(C)(C)Br)cc1Cl. The van der Waals surface area contributed by atoms with Crippen molar-refractivity contribution in [3.05, 3.63) is 23.2 Å². The Bertz CT molecular complexity index is 446. The summed E-state index contributed by atoms with van der Waals surface area (Å²) >= 11 is 9.37. The second-order valence-electron chi connectivity index (χ2n) is 4.41. The highest BCUT2D eigenvalue weighted by molar-refractivity contribution is 9.10. The lowest BCUT2D eigenvalue weighted by molar-refractivity contribution is -0.117. The number of carbonyl (C=O) groups excluding carboxylic acids is 1. The average molecular weight is 351 g/mol. The van der Waals surface area contributed by atoms with Crippen molar-refractivity contribution >= 4 is 39.1 Å². The summed E-state index contributed by atoms with van der Waals surface area (Å²) in [6.07, 6.45) is 0. The molecule has 106 valence electrons. The number of ether oxygens (including phenoxy) is 2. The van der Waals surface area contributed by atoms with Gasteiger partial charge in [-0.3, -0.25) is 4.79 Å². The van der Waals surface area contributed by atoms with Crippen molar-refractivity contribution < 1.29 is 14.3 Å². The number of alkyl halides is 1. The lowest BCUT2D eigenvalue weighted by Gasteiger charge is -2.16. The molecule has 0 aliphatic rings. The van der Waals surface area contributed by atoms with Gasteiger partial charge in [-0.15, -0.1) is 0 Å². The first-order valence-electron chi connectivity index (χ1n) is 5.76. The molecular formula is C13H17BrClNO3. The highest BCUT2D eigenvalue weighted by Gasteiger charge is 2.23. The van der Waals surface area contributed by atoms with Gasteiger partial charge in [0.05, 0.1) is 16.0 Å². The molecule has 0 aliphatic carbocycles. The van der Waals surface area contributed by atoms with Crippen molar-refractivity contribution in [2.45, 2.75) is 18.2 Å². The van der Waals surface area contributed by atoms with Crippen LogP contribution in [0, 0.1) is 0 Å². The maximum atomic E-state index is 11.8. The van der Waals surface area contributed by atoms with E-state index in [-0.39, 0.29) is 5.91 Å². The van der Waals surface area contributed by atoms with Gasteiger partial charge in [0.2, 0.25) is 5.91 Å². The van der Waals surface area contributed by atoms with Crippen LogP contribution in [-0.4, -0.2) is 30.6 Å². The molecule has 0 aliphatic heterocycles. The molecule has 0 saturated heterocycles. The molecular weight excluding hydrogens is 334 g/mol. The lowest BCUT2D eigenvalue weighted by atomic mass is 10.2. The van der Waals surface area contributed by atoms with Crippen LogP contribution >= 0.6 is 27.5 Å². The maximum Gasteiger partial charge on any atom is 0.240 e. The average Bonchev–Trinajstić information content (AvgIpc) is 2.31. The summed E-state index contributed by atoms with van der Waals surface area (Å²) in [4.78, 5) is 11.8. The Hall–Kier alpha value is -0.780. The van der Waals surface area contributed by atoms with Crippen molar-refractivity contribution in [2.75, 3.05) is 25.6 Å². The summed E-state index contributed by atoms with van der Waals surface area (Å²) in [6.45, 7) is 4.46. The number of amides is 1. The molecule has 6 heteroatoms. The minimum Gasteiger partial charge on any atom is -0.490 e. The van der Waals surface area contributed by atoms with E-state index in [1.165, 1.54) is 0 Å². The predicted octanol–water partition coefficient (Wildman–Crippen LogP) is 3.48. The first-order chi connectivity index (χ1) is 8.84. The maximum absolute atomic E-state index is 11.8. The number of methoxy groups -OCH3 is 1. The molecule has 0 bridgehead atoms. The molecule has 1 aromatic carbocycles. The van der Waals surface area contributed by atoms with E-state index in [4.69, 9.17) is 21.1 Å².